The van der Waals surface area contributed by atoms with Gasteiger partial charge in [0.2, 0.25) is 0 Å². The summed E-state index contributed by atoms with van der Waals surface area (Å²) in [6.07, 6.45) is 3.11. The van der Waals surface area contributed by atoms with Crippen molar-refractivity contribution in [3.05, 3.63) is 63.3 Å². The Bertz CT molecular complexity index is 632. The van der Waals surface area contributed by atoms with Crippen molar-refractivity contribution in [1.29, 1.82) is 5.26 Å². The van der Waals surface area contributed by atoms with Gasteiger partial charge in [-0.05, 0) is 35.9 Å². The highest BCUT2D eigenvalue weighted by Crippen LogP contribution is 2.25. The summed E-state index contributed by atoms with van der Waals surface area (Å²) in [4.78, 5) is 16.2. The van der Waals surface area contributed by atoms with Crippen LogP contribution in [0.3, 0.4) is 0 Å². The van der Waals surface area contributed by atoms with Crippen molar-refractivity contribution in [2.45, 2.75) is 5.92 Å². The van der Waals surface area contributed by atoms with Gasteiger partial charge in [-0.2, -0.15) is 5.26 Å². The molecule has 1 unspecified atom stereocenters. The molecule has 0 N–H and O–H groups in total. The molecule has 0 spiro atoms. The molecule has 0 fully saturated rings. The lowest BCUT2D eigenvalue weighted by molar-refractivity contribution is 0.0979. The Balaban J connectivity index is 2.40. The van der Waals surface area contributed by atoms with Gasteiger partial charge in [-0.15, -0.1) is 0 Å². The van der Waals surface area contributed by atoms with Crippen molar-refractivity contribution in [2.24, 2.45) is 0 Å². The number of ketones is 1. The van der Waals surface area contributed by atoms with Gasteiger partial charge in [0.05, 0.1) is 6.07 Å². The van der Waals surface area contributed by atoms with Crippen molar-refractivity contribution in [3.8, 4) is 6.07 Å². The maximum Gasteiger partial charge on any atom is 0.184 e. The molecular weight excluding hydrogens is 328 g/mol. The molecule has 19 heavy (non-hydrogen) atoms. The van der Waals surface area contributed by atoms with Gasteiger partial charge in [-0.1, -0.05) is 27.5 Å². The lowest BCUT2D eigenvalue weighted by atomic mass is 9.92. The smallest absolute Gasteiger partial charge is 0.184 e. The van der Waals surface area contributed by atoms with Crippen molar-refractivity contribution < 1.29 is 4.79 Å². The molecule has 0 aliphatic rings. The highest BCUT2D eigenvalue weighted by Gasteiger charge is 2.22. The topological polar surface area (TPSA) is 53.8 Å². The lowest BCUT2D eigenvalue weighted by Crippen LogP contribution is -2.11. The predicted molar refractivity (Wildman–Crippen MR) is 76.1 cm³/mol. The third-order valence-electron chi connectivity index (χ3n) is 2.58. The van der Waals surface area contributed by atoms with Gasteiger partial charge < -0.3 is 0 Å². The Morgan fingerprint density at radius 2 is 2.00 bits per heavy atom. The van der Waals surface area contributed by atoms with Crippen LogP contribution in [-0.4, -0.2) is 10.8 Å². The Morgan fingerprint density at radius 1 is 1.32 bits per heavy atom. The molecular formula is C14H8BrClN2O. The van der Waals surface area contributed by atoms with E-state index in [-0.39, 0.29) is 5.78 Å². The Morgan fingerprint density at radius 3 is 2.58 bits per heavy atom. The van der Waals surface area contributed by atoms with Gasteiger partial charge in [0.1, 0.15) is 5.92 Å². The molecule has 0 saturated carbocycles. The normalized spacial score (nSPS) is 11.6. The average molecular weight is 336 g/mol. The molecule has 2 aromatic rings. The van der Waals surface area contributed by atoms with Crippen LogP contribution in [0.4, 0.5) is 0 Å². The maximum atomic E-state index is 12.4. The van der Waals surface area contributed by atoms with Crippen molar-refractivity contribution in [2.75, 3.05) is 0 Å². The molecule has 0 aliphatic heterocycles. The maximum absolute atomic E-state index is 12.4. The molecule has 0 saturated heterocycles. The summed E-state index contributed by atoms with van der Waals surface area (Å²) in [6, 6.07) is 10.2. The minimum Gasteiger partial charge on any atom is -0.292 e. The van der Waals surface area contributed by atoms with E-state index in [0.717, 1.165) is 0 Å². The van der Waals surface area contributed by atoms with Gasteiger partial charge in [0, 0.05) is 27.5 Å². The molecule has 94 valence electrons. The Kier molecular flexibility index (Phi) is 4.31. The molecule has 1 atom stereocenters. The summed E-state index contributed by atoms with van der Waals surface area (Å²) in [5, 5.41) is 9.66. The number of carbonyl (C=O) groups excluding carboxylic acids is 1. The molecule has 3 nitrogen and oxygen atoms in total. The first-order valence-corrected chi connectivity index (χ1v) is 6.59. The molecule has 1 aromatic heterocycles. The number of pyridine rings is 1. The Hall–Kier alpha value is -1.70. The van der Waals surface area contributed by atoms with E-state index >= 15 is 0 Å². The van der Waals surface area contributed by atoms with E-state index in [1.165, 1.54) is 0 Å². The first-order chi connectivity index (χ1) is 9.11. The van der Waals surface area contributed by atoms with E-state index in [1.807, 2.05) is 6.07 Å². The molecule has 0 radical (unpaired) electrons. The summed E-state index contributed by atoms with van der Waals surface area (Å²) in [7, 11) is 0. The second-order valence-electron chi connectivity index (χ2n) is 3.87. The van der Waals surface area contributed by atoms with Crippen LogP contribution >= 0.6 is 27.5 Å². The van der Waals surface area contributed by atoms with Gasteiger partial charge in [0.15, 0.2) is 5.78 Å². The zero-order valence-electron chi connectivity index (χ0n) is 9.68. The van der Waals surface area contributed by atoms with Crippen LogP contribution in [0, 0.1) is 11.3 Å². The van der Waals surface area contributed by atoms with Crippen LogP contribution in [0.25, 0.3) is 0 Å². The summed E-state index contributed by atoms with van der Waals surface area (Å²) >= 11 is 9.19. The van der Waals surface area contributed by atoms with E-state index in [9.17, 15) is 10.1 Å². The SMILES string of the molecule is N#CC(C(=O)c1cc(Cl)cc(Br)c1)c1ccncc1. The fourth-order valence-corrected chi connectivity index (χ4v) is 2.56. The van der Waals surface area contributed by atoms with Crippen LogP contribution in [0.15, 0.2) is 47.2 Å². The Labute approximate surface area is 124 Å². The van der Waals surface area contributed by atoms with Crippen LogP contribution in [-0.2, 0) is 0 Å². The predicted octanol–water partition coefficient (Wildman–Crippen LogP) is 3.99. The third-order valence-corrected chi connectivity index (χ3v) is 3.25. The number of nitriles is 1. The van der Waals surface area contributed by atoms with E-state index in [4.69, 9.17) is 11.6 Å². The van der Waals surface area contributed by atoms with Crippen molar-refractivity contribution >= 4 is 33.3 Å². The van der Waals surface area contributed by atoms with Crippen molar-refractivity contribution in [3.63, 3.8) is 0 Å². The van der Waals surface area contributed by atoms with Gasteiger partial charge in [-0.25, -0.2) is 0 Å². The molecule has 1 aromatic carbocycles. The largest absolute Gasteiger partial charge is 0.292 e. The second-order valence-corrected chi connectivity index (χ2v) is 5.22. The minimum atomic E-state index is -0.853. The zero-order chi connectivity index (χ0) is 13.8. The first-order valence-electron chi connectivity index (χ1n) is 5.41. The average Bonchev–Trinajstić information content (AvgIpc) is 2.39. The van der Waals surface area contributed by atoms with E-state index < -0.39 is 5.92 Å². The number of Topliss-reactive ketones (excluding diaryl/α,β-unsaturated/α-hetero) is 1. The van der Waals surface area contributed by atoms with E-state index in [1.54, 1.807) is 42.7 Å². The fraction of sp³-hybridized carbons (Fsp3) is 0.0714. The summed E-state index contributed by atoms with van der Waals surface area (Å²) in [5.74, 6) is -1.13. The number of hydrogen-bond donors (Lipinski definition) is 0. The fourth-order valence-electron chi connectivity index (χ4n) is 1.70. The number of halogens is 2. The number of hydrogen-bond acceptors (Lipinski definition) is 3. The molecule has 5 heteroatoms. The number of aromatic nitrogens is 1. The second kappa shape index (κ2) is 5.96. The molecule has 0 aliphatic carbocycles. The summed E-state index contributed by atoms with van der Waals surface area (Å²) in [6.45, 7) is 0. The highest BCUT2D eigenvalue weighted by molar-refractivity contribution is 9.10. The highest BCUT2D eigenvalue weighted by atomic mass is 79.9. The van der Waals surface area contributed by atoms with Crippen molar-refractivity contribution in [1.82, 2.24) is 4.98 Å². The van der Waals surface area contributed by atoms with Gasteiger partial charge in [-0.3, -0.25) is 9.78 Å². The van der Waals surface area contributed by atoms with E-state index in [2.05, 4.69) is 20.9 Å². The minimum absolute atomic E-state index is 0.281. The standard InChI is InChI=1S/C14H8BrClN2O/c15-11-5-10(6-12(16)7-11)14(19)13(8-17)9-1-3-18-4-2-9/h1-7,13H. The molecule has 0 bridgehead atoms. The third kappa shape index (κ3) is 3.19. The number of nitrogens with zero attached hydrogens (tertiary/aromatic N) is 2. The molecule has 0 amide bonds. The summed E-state index contributed by atoms with van der Waals surface area (Å²) in [5.41, 5.74) is 1.03. The van der Waals surface area contributed by atoms with Gasteiger partial charge in [0.25, 0.3) is 0 Å². The number of rotatable bonds is 3. The summed E-state index contributed by atoms with van der Waals surface area (Å²) < 4.78 is 0.703. The van der Waals surface area contributed by atoms with Gasteiger partial charge >= 0.3 is 0 Å². The molecule has 1 heterocycles. The van der Waals surface area contributed by atoms with Crippen LogP contribution < -0.4 is 0 Å². The zero-order valence-corrected chi connectivity index (χ0v) is 12.0. The van der Waals surface area contributed by atoms with Crippen LogP contribution in [0.5, 0.6) is 0 Å². The lowest BCUT2D eigenvalue weighted by Gasteiger charge is -2.09. The number of benzene rings is 1. The molecule has 2 rings (SSSR count). The number of carbonyl (C=O) groups is 1. The first kappa shape index (κ1) is 13.7. The van der Waals surface area contributed by atoms with E-state index in [0.29, 0.717) is 20.6 Å². The van der Waals surface area contributed by atoms with Crippen LogP contribution in [0.2, 0.25) is 5.02 Å². The van der Waals surface area contributed by atoms with Crippen LogP contribution in [0.1, 0.15) is 21.8 Å². The monoisotopic (exact) mass is 334 g/mol. The quantitative estimate of drug-likeness (QED) is 0.797.